The van der Waals surface area contributed by atoms with Crippen molar-refractivity contribution in [3.8, 4) is 5.75 Å². The number of methoxy groups -OCH3 is 1. The third kappa shape index (κ3) is 3.60. The molecule has 7 heteroatoms. The second kappa shape index (κ2) is 7.80. The van der Waals surface area contributed by atoms with E-state index in [0.29, 0.717) is 24.9 Å². The van der Waals surface area contributed by atoms with Gasteiger partial charge in [0.2, 0.25) is 11.8 Å². The van der Waals surface area contributed by atoms with Gasteiger partial charge in [0.15, 0.2) is 11.6 Å². The summed E-state index contributed by atoms with van der Waals surface area (Å²) in [6, 6.07) is 10.9. The summed E-state index contributed by atoms with van der Waals surface area (Å²) in [4.78, 5) is 36.3. The predicted molar refractivity (Wildman–Crippen MR) is 102 cm³/mol. The van der Waals surface area contributed by atoms with Crippen LogP contribution in [0.1, 0.15) is 42.1 Å². The summed E-state index contributed by atoms with van der Waals surface area (Å²) in [6.45, 7) is 1.91. The number of anilines is 1. The fourth-order valence-corrected chi connectivity index (χ4v) is 3.45. The van der Waals surface area contributed by atoms with Crippen LogP contribution in [0, 0.1) is 5.82 Å². The Labute approximate surface area is 162 Å². The van der Waals surface area contributed by atoms with E-state index >= 15 is 0 Å². The summed E-state index contributed by atoms with van der Waals surface area (Å²) in [6.07, 6.45) is 1.30. The second-order valence-corrected chi connectivity index (χ2v) is 6.69. The molecule has 6 nitrogen and oxygen atoms in total. The predicted octanol–water partition coefficient (Wildman–Crippen LogP) is 3.17. The maximum absolute atomic E-state index is 13.8. The van der Waals surface area contributed by atoms with E-state index in [2.05, 4.69) is 10.6 Å². The van der Waals surface area contributed by atoms with Crippen molar-refractivity contribution in [1.29, 1.82) is 0 Å². The molecule has 0 spiro atoms. The molecule has 28 heavy (non-hydrogen) atoms. The Kier molecular flexibility index (Phi) is 5.44. The number of ether oxygens (including phenoxy) is 1. The molecule has 1 fully saturated rings. The van der Waals surface area contributed by atoms with E-state index in [1.165, 1.54) is 19.2 Å². The summed E-state index contributed by atoms with van der Waals surface area (Å²) in [5.41, 5.74) is 0.713. The molecular weight excluding hydrogens is 363 g/mol. The Morgan fingerprint density at radius 2 is 1.93 bits per heavy atom. The highest BCUT2D eigenvalue weighted by molar-refractivity contribution is 6.05. The van der Waals surface area contributed by atoms with Crippen LogP contribution < -0.4 is 15.4 Å². The first-order valence-corrected chi connectivity index (χ1v) is 8.99. The third-order valence-electron chi connectivity index (χ3n) is 5.18. The van der Waals surface area contributed by atoms with Gasteiger partial charge in [0.1, 0.15) is 0 Å². The highest BCUT2D eigenvalue weighted by Crippen LogP contribution is 2.36. The van der Waals surface area contributed by atoms with Gasteiger partial charge in [-0.2, -0.15) is 0 Å². The zero-order valence-electron chi connectivity index (χ0n) is 15.7. The third-order valence-corrected chi connectivity index (χ3v) is 5.18. The van der Waals surface area contributed by atoms with Gasteiger partial charge in [0.05, 0.1) is 12.5 Å². The molecule has 1 aliphatic rings. The number of halogens is 1. The van der Waals surface area contributed by atoms with Crippen molar-refractivity contribution < 1.29 is 23.5 Å². The number of nitrogens with one attached hydrogen (secondary N) is 2. The van der Waals surface area contributed by atoms with E-state index in [9.17, 15) is 18.8 Å². The lowest BCUT2D eigenvalue weighted by Gasteiger charge is -2.35. The molecule has 2 N–H and O–H groups in total. The number of amides is 3. The highest BCUT2D eigenvalue weighted by Gasteiger charge is 2.42. The maximum Gasteiger partial charge on any atom is 0.255 e. The van der Waals surface area contributed by atoms with Crippen molar-refractivity contribution in [2.45, 2.75) is 31.6 Å². The number of rotatable bonds is 5. The largest absolute Gasteiger partial charge is 0.494 e. The van der Waals surface area contributed by atoms with Crippen molar-refractivity contribution >= 4 is 23.4 Å². The lowest BCUT2D eigenvalue weighted by molar-refractivity contribution is -0.138. The number of piperidine rings is 1. The van der Waals surface area contributed by atoms with Crippen LogP contribution in [0.3, 0.4) is 0 Å². The molecule has 0 radical (unpaired) electrons. The minimum atomic E-state index is -0.754. The van der Waals surface area contributed by atoms with E-state index in [-0.39, 0.29) is 23.1 Å². The van der Waals surface area contributed by atoms with Gasteiger partial charge in [0.25, 0.3) is 5.91 Å². The number of hydrogen-bond donors (Lipinski definition) is 2. The summed E-state index contributed by atoms with van der Waals surface area (Å²) >= 11 is 0. The molecule has 2 aromatic carbocycles. The molecule has 1 atom stereocenters. The van der Waals surface area contributed by atoms with Crippen LogP contribution in [0.25, 0.3) is 0 Å². The molecule has 0 aromatic heterocycles. The Bertz CT molecular complexity index is 927. The molecule has 1 aliphatic heterocycles. The molecule has 1 heterocycles. The van der Waals surface area contributed by atoms with Gasteiger partial charge < -0.3 is 10.1 Å². The Morgan fingerprint density at radius 3 is 2.50 bits per heavy atom. The summed E-state index contributed by atoms with van der Waals surface area (Å²) in [5.74, 6) is -1.56. The summed E-state index contributed by atoms with van der Waals surface area (Å²) < 4.78 is 18.6. The van der Waals surface area contributed by atoms with E-state index < -0.39 is 17.1 Å². The van der Waals surface area contributed by atoms with Crippen molar-refractivity contribution in [1.82, 2.24) is 5.32 Å². The molecule has 0 aliphatic carbocycles. The first kappa shape index (κ1) is 19.5. The van der Waals surface area contributed by atoms with Gasteiger partial charge in [-0.3, -0.25) is 19.7 Å². The standard InChI is InChI=1S/C21H21FN2O4/c1-3-21(11-10-18(25)24-20(21)27)14-5-7-15(8-6-14)23-19(26)13-4-9-17(28-2)16(22)12-13/h4-9,12H,3,10-11H2,1-2H3,(H,23,26)(H,24,25,27). The number of carbonyl (C=O) groups excluding carboxylic acids is 3. The first-order valence-electron chi connectivity index (χ1n) is 8.99. The van der Waals surface area contributed by atoms with E-state index in [1.807, 2.05) is 6.92 Å². The molecule has 1 saturated heterocycles. The molecule has 1 unspecified atom stereocenters. The van der Waals surface area contributed by atoms with Gasteiger partial charge in [-0.1, -0.05) is 19.1 Å². The monoisotopic (exact) mass is 384 g/mol. The summed E-state index contributed by atoms with van der Waals surface area (Å²) in [7, 11) is 1.35. The van der Waals surface area contributed by atoms with Gasteiger partial charge in [-0.25, -0.2) is 4.39 Å². The molecule has 0 bridgehead atoms. The van der Waals surface area contributed by atoms with Crippen LogP contribution in [0.15, 0.2) is 42.5 Å². The normalized spacial score (nSPS) is 19.1. The molecule has 3 amide bonds. The fourth-order valence-electron chi connectivity index (χ4n) is 3.45. The average Bonchev–Trinajstić information content (AvgIpc) is 2.69. The average molecular weight is 384 g/mol. The summed E-state index contributed by atoms with van der Waals surface area (Å²) in [5, 5.41) is 5.11. The molecule has 3 rings (SSSR count). The van der Waals surface area contributed by atoms with Gasteiger partial charge in [-0.15, -0.1) is 0 Å². The molecule has 0 saturated carbocycles. The van der Waals surface area contributed by atoms with Crippen LogP contribution in [0.5, 0.6) is 5.75 Å². The Morgan fingerprint density at radius 1 is 1.21 bits per heavy atom. The Balaban J connectivity index is 1.77. The van der Waals surface area contributed by atoms with Crippen molar-refractivity contribution in [3.05, 3.63) is 59.4 Å². The van der Waals surface area contributed by atoms with Crippen molar-refractivity contribution in [2.24, 2.45) is 0 Å². The zero-order valence-corrected chi connectivity index (χ0v) is 15.7. The van der Waals surface area contributed by atoms with E-state index in [4.69, 9.17) is 4.74 Å². The molecule has 146 valence electrons. The smallest absolute Gasteiger partial charge is 0.255 e. The van der Waals surface area contributed by atoms with Crippen molar-refractivity contribution in [3.63, 3.8) is 0 Å². The number of benzene rings is 2. The molecule has 2 aromatic rings. The minimum absolute atomic E-state index is 0.0648. The number of imide groups is 1. The lowest BCUT2D eigenvalue weighted by atomic mass is 9.72. The fraction of sp³-hybridized carbons (Fsp3) is 0.286. The van der Waals surface area contributed by atoms with Gasteiger partial charge in [0, 0.05) is 17.7 Å². The van der Waals surface area contributed by atoms with Gasteiger partial charge >= 0.3 is 0 Å². The SMILES string of the molecule is CCC1(c2ccc(NC(=O)c3ccc(OC)c(F)c3)cc2)CCC(=O)NC1=O. The number of carbonyl (C=O) groups is 3. The van der Waals surface area contributed by atoms with Crippen LogP contribution in [0.4, 0.5) is 10.1 Å². The Hall–Kier alpha value is -3.22. The molecular formula is C21H21FN2O4. The zero-order chi connectivity index (χ0) is 20.3. The van der Waals surface area contributed by atoms with Crippen molar-refractivity contribution in [2.75, 3.05) is 12.4 Å². The van der Waals surface area contributed by atoms with Gasteiger partial charge in [-0.05, 0) is 48.7 Å². The first-order chi connectivity index (χ1) is 13.4. The van der Waals surface area contributed by atoms with Crippen LogP contribution in [0.2, 0.25) is 0 Å². The van der Waals surface area contributed by atoms with Crippen LogP contribution in [-0.2, 0) is 15.0 Å². The van der Waals surface area contributed by atoms with E-state index in [1.54, 1.807) is 24.3 Å². The second-order valence-electron chi connectivity index (χ2n) is 6.69. The topological polar surface area (TPSA) is 84.5 Å². The van der Waals surface area contributed by atoms with E-state index in [0.717, 1.165) is 11.6 Å². The minimum Gasteiger partial charge on any atom is -0.494 e. The highest BCUT2D eigenvalue weighted by atomic mass is 19.1. The quantitative estimate of drug-likeness (QED) is 0.776. The van der Waals surface area contributed by atoms with Crippen LogP contribution in [-0.4, -0.2) is 24.8 Å². The lowest BCUT2D eigenvalue weighted by Crippen LogP contribution is -2.51. The maximum atomic E-state index is 13.8. The van der Waals surface area contributed by atoms with Crippen LogP contribution >= 0.6 is 0 Å². The number of hydrogen-bond acceptors (Lipinski definition) is 4.